The van der Waals surface area contributed by atoms with Crippen LogP contribution in [0.2, 0.25) is 0 Å². The molecule has 0 saturated heterocycles. The molecule has 0 bridgehead atoms. The van der Waals surface area contributed by atoms with Crippen LogP contribution in [0.3, 0.4) is 0 Å². The van der Waals surface area contributed by atoms with Gasteiger partial charge in [-0.15, -0.1) is 12.4 Å². The maximum absolute atomic E-state index is 10.3. The number of hydrogen-bond acceptors (Lipinski definition) is 3. The third-order valence-corrected chi connectivity index (χ3v) is 1.71. The Morgan fingerprint density at radius 2 is 1.62 bits per heavy atom. The van der Waals surface area contributed by atoms with Gasteiger partial charge in [-0.25, -0.2) is 0 Å². The van der Waals surface area contributed by atoms with E-state index in [2.05, 4.69) is 0 Å². The molecule has 0 unspecified atom stereocenters. The summed E-state index contributed by atoms with van der Waals surface area (Å²) < 4.78 is 10.3. The van der Waals surface area contributed by atoms with E-state index in [1.54, 1.807) is 0 Å². The highest BCUT2D eigenvalue weighted by Gasteiger charge is 2.09. The summed E-state index contributed by atoms with van der Waals surface area (Å²) in [5.74, 6) is 0. The van der Waals surface area contributed by atoms with Crippen LogP contribution in [0.25, 0.3) is 0 Å². The van der Waals surface area contributed by atoms with Crippen molar-refractivity contribution >= 4 is 19.8 Å². The summed E-state index contributed by atoms with van der Waals surface area (Å²) in [6.07, 6.45) is -0.438. The molecule has 0 heterocycles. The molecule has 0 fully saturated rings. The topological polar surface area (TPSA) is 89.3 Å². The van der Waals surface area contributed by atoms with E-state index in [1.165, 1.54) is 0 Å². The number of nitrogens with two attached hydrogens (primary N) is 2. The quantitative estimate of drug-likeness (QED) is 0.476. The van der Waals surface area contributed by atoms with E-state index in [-0.39, 0.29) is 25.0 Å². The lowest BCUT2D eigenvalue weighted by atomic mass is 11.5. The van der Waals surface area contributed by atoms with Crippen LogP contribution in [0.1, 0.15) is 0 Å². The average Bonchev–Trinajstić information content (AvgIpc) is 1.68. The molecule has 6 heteroatoms. The summed E-state index contributed by atoms with van der Waals surface area (Å²) in [6.45, 7) is 0. The predicted octanol–water partition coefficient (Wildman–Crippen LogP) is -0.489. The van der Waals surface area contributed by atoms with Gasteiger partial charge in [0.05, 0.1) is 12.6 Å². The zero-order valence-corrected chi connectivity index (χ0v) is 5.99. The second-order valence-electron chi connectivity index (χ2n) is 1.21. The Balaban J connectivity index is 0. The highest BCUT2D eigenvalue weighted by atomic mass is 35.5. The van der Waals surface area contributed by atoms with Gasteiger partial charge in [0.2, 0.25) is 7.37 Å². The Labute approximate surface area is 54.1 Å². The fourth-order valence-corrected chi connectivity index (χ4v) is 0.224. The van der Waals surface area contributed by atoms with Crippen molar-refractivity contribution in [1.29, 1.82) is 0 Å². The fourth-order valence-electron chi connectivity index (χ4n) is 0.0745. The first-order chi connectivity index (χ1) is 3.12. The molecule has 0 amide bonds. The maximum Gasteiger partial charge on any atom is 0.226 e. The van der Waals surface area contributed by atoms with Crippen molar-refractivity contribution in [2.24, 2.45) is 11.5 Å². The smallest absolute Gasteiger partial charge is 0.226 e. The van der Waals surface area contributed by atoms with Crippen LogP contribution < -0.4 is 11.5 Å². The van der Waals surface area contributed by atoms with Crippen molar-refractivity contribution in [3.63, 3.8) is 0 Å². The molecule has 0 atom stereocenters. The minimum absolute atomic E-state index is 0. The monoisotopic (exact) mass is 160 g/mol. The Hall–Kier alpha value is 0.400. The van der Waals surface area contributed by atoms with Crippen molar-refractivity contribution in [3.05, 3.63) is 0 Å². The lowest BCUT2D eigenvalue weighted by molar-refractivity contribution is 0.479. The second kappa shape index (κ2) is 4.30. The fraction of sp³-hybridized carbons (Fsp3) is 1.00. The second-order valence-corrected chi connectivity index (χ2v) is 3.63. The van der Waals surface area contributed by atoms with Crippen LogP contribution in [0.4, 0.5) is 0 Å². The van der Waals surface area contributed by atoms with Crippen molar-refractivity contribution in [1.82, 2.24) is 0 Å². The summed E-state index contributed by atoms with van der Waals surface area (Å²) in [5.41, 5.74) is 9.65. The van der Waals surface area contributed by atoms with Crippen LogP contribution >= 0.6 is 19.8 Å². The molecule has 0 aliphatic rings. The summed E-state index contributed by atoms with van der Waals surface area (Å²) in [6, 6.07) is 0. The van der Waals surface area contributed by atoms with E-state index in [0.29, 0.717) is 0 Å². The molecule has 5 N–H and O–H groups in total. The summed E-state index contributed by atoms with van der Waals surface area (Å²) in [4.78, 5) is 8.44. The first-order valence-electron chi connectivity index (χ1n) is 1.83. The molecule has 0 aliphatic heterocycles. The number of halogens is 1. The molecule has 0 spiro atoms. The normalized spacial score (nSPS) is 10.4. The molecule has 4 nitrogen and oxygen atoms in total. The van der Waals surface area contributed by atoms with E-state index >= 15 is 0 Å². The van der Waals surface area contributed by atoms with Crippen molar-refractivity contribution in [2.45, 2.75) is 0 Å². The summed E-state index contributed by atoms with van der Waals surface area (Å²) in [5, 5.41) is 0. The molecular formula is C2H10ClN2O2P. The van der Waals surface area contributed by atoms with Crippen LogP contribution in [0, 0.1) is 0 Å². The molecule has 0 radical (unpaired) electrons. The highest BCUT2D eigenvalue weighted by molar-refractivity contribution is 7.57. The largest absolute Gasteiger partial charge is 0.343 e. The summed E-state index contributed by atoms with van der Waals surface area (Å²) >= 11 is 0. The first kappa shape index (κ1) is 11.2. The van der Waals surface area contributed by atoms with E-state index < -0.39 is 7.37 Å². The van der Waals surface area contributed by atoms with Gasteiger partial charge in [-0.2, -0.15) is 0 Å². The van der Waals surface area contributed by atoms with Crippen molar-refractivity contribution in [3.8, 4) is 0 Å². The van der Waals surface area contributed by atoms with Crippen LogP contribution in [0.15, 0.2) is 0 Å². The molecule has 0 rings (SSSR count). The van der Waals surface area contributed by atoms with E-state index in [9.17, 15) is 4.57 Å². The van der Waals surface area contributed by atoms with Crippen molar-refractivity contribution < 1.29 is 9.46 Å². The molecule has 52 valence electrons. The Morgan fingerprint density at radius 3 is 1.62 bits per heavy atom. The lowest BCUT2D eigenvalue weighted by Gasteiger charge is -2.01. The molecule has 0 aliphatic carbocycles. The average molecular weight is 161 g/mol. The SMILES string of the molecule is Cl.NCP(=O)(O)CN. The number of rotatable bonds is 2. The Bertz CT molecular complexity index is 90.0. The highest BCUT2D eigenvalue weighted by Crippen LogP contribution is 2.34. The van der Waals surface area contributed by atoms with Gasteiger partial charge < -0.3 is 16.4 Å². The lowest BCUT2D eigenvalue weighted by Crippen LogP contribution is -2.08. The van der Waals surface area contributed by atoms with Crippen LogP contribution in [-0.4, -0.2) is 17.5 Å². The minimum Gasteiger partial charge on any atom is -0.343 e. The molecule has 0 aromatic rings. The molecule has 0 aromatic heterocycles. The number of hydrogen-bond donors (Lipinski definition) is 3. The third-order valence-electron chi connectivity index (χ3n) is 0.571. The van der Waals surface area contributed by atoms with Crippen molar-refractivity contribution in [2.75, 3.05) is 12.6 Å². The van der Waals surface area contributed by atoms with Gasteiger partial charge in [0.15, 0.2) is 0 Å². The standard InChI is InChI=1S/C2H9N2O2P.ClH/c3-1-7(5,6)2-4;/h1-4H2,(H,5,6);1H. The van der Waals surface area contributed by atoms with Crippen LogP contribution in [-0.2, 0) is 4.57 Å². The van der Waals surface area contributed by atoms with Gasteiger partial charge in [-0.1, -0.05) is 0 Å². The molecular weight excluding hydrogens is 150 g/mol. The molecule has 0 saturated carbocycles. The summed E-state index contributed by atoms with van der Waals surface area (Å²) in [7, 11) is -3.10. The van der Waals surface area contributed by atoms with Gasteiger partial charge in [0, 0.05) is 0 Å². The van der Waals surface area contributed by atoms with Gasteiger partial charge >= 0.3 is 0 Å². The molecule has 0 aromatic carbocycles. The van der Waals surface area contributed by atoms with E-state index in [4.69, 9.17) is 16.4 Å². The minimum atomic E-state index is -3.10. The first-order valence-corrected chi connectivity index (χ1v) is 3.86. The zero-order valence-electron chi connectivity index (χ0n) is 4.28. The third kappa shape index (κ3) is 4.56. The maximum atomic E-state index is 10.3. The van der Waals surface area contributed by atoms with Gasteiger partial charge in [0.1, 0.15) is 0 Å². The Kier molecular flexibility index (Phi) is 6.03. The van der Waals surface area contributed by atoms with Gasteiger partial charge in [-0.05, 0) is 0 Å². The van der Waals surface area contributed by atoms with E-state index in [0.717, 1.165) is 0 Å². The zero-order chi connectivity index (χ0) is 5.91. The Morgan fingerprint density at radius 1 is 1.38 bits per heavy atom. The predicted molar refractivity (Wildman–Crippen MR) is 35.2 cm³/mol. The van der Waals surface area contributed by atoms with Gasteiger partial charge in [-0.3, -0.25) is 4.57 Å². The van der Waals surface area contributed by atoms with Crippen LogP contribution in [0.5, 0.6) is 0 Å². The molecule has 8 heavy (non-hydrogen) atoms. The van der Waals surface area contributed by atoms with E-state index in [1.807, 2.05) is 0 Å². The van der Waals surface area contributed by atoms with Gasteiger partial charge in [0.25, 0.3) is 0 Å².